The number of hydrogen-bond donors (Lipinski definition) is 0. The SMILES string of the molecule is CCC1C(C)CCC(C(C)C)P1c1ccccc1OC. The summed E-state index contributed by atoms with van der Waals surface area (Å²) in [7, 11) is 1.69. The van der Waals surface area contributed by atoms with Gasteiger partial charge in [-0.1, -0.05) is 53.8 Å². The van der Waals surface area contributed by atoms with E-state index < -0.39 is 0 Å². The Hall–Kier alpha value is -0.550. The molecular weight excluding hydrogens is 263 g/mol. The minimum Gasteiger partial charge on any atom is -0.496 e. The fourth-order valence-corrected chi connectivity index (χ4v) is 7.78. The third-order valence-electron chi connectivity index (χ3n) is 4.84. The Kier molecular flexibility index (Phi) is 5.49. The number of methoxy groups -OCH3 is 1. The summed E-state index contributed by atoms with van der Waals surface area (Å²) >= 11 is 0. The molecule has 0 aromatic heterocycles. The molecule has 2 heteroatoms. The average Bonchev–Trinajstić information content (AvgIpc) is 2.46. The van der Waals surface area contributed by atoms with E-state index in [0.29, 0.717) is 0 Å². The highest BCUT2D eigenvalue weighted by atomic mass is 31.1. The second kappa shape index (κ2) is 6.94. The first-order chi connectivity index (χ1) is 9.60. The van der Waals surface area contributed by atoms with Gasteiger partial charge in [0.15, 0.2) is 0 Å². The van der Waals surface area contributed by atoms with Crippen LogP contribution in [0.15, 0.2) is 24.3 Å². The van der Waals surface area contributed by atoms with Gasteiger partial charge in [-0.2, -0.15) is 0 Å². The maximum Gasteiger partial charge on any atom is 0.126 e. The summed E-state index contributed by atoms with van der Waals surface area (Å²) < 4.78 is 5.67. The van der Waals surface area contributed by atoms with E-state index in [1.54, 1.807) is 0 Å². The van der Waals surface area contributed by atoms with Gasteiger partial charge in [0, 0.05) is 5.30 Å². The van der Waals surface area contributed by atoms with Gasteiger partial charge in [-0.25, -0.2) is 0 Å². The summed E-state index contributed by atoms with van der Waals surface area (Å²) in [4.78, 5) is 0. The lowest BCUT2D eigenvalue weighted by molar-refractivity contribution is 0.407. The van der Waals surface area contributed by atoms with Gasteiger partial charge in [0.2, 0.25) is 0 Å². The van der Waals surface area contributed by atoms with Crippen LogP contribution in [0.4, 0.5) is 0 Å². The number of rotatable bonds is 4. The van der Waals surface area contributed by atoms with Crippen molar-refractivity contribution in [2.45, 2.75) is 58.3 Å². The van der Waals surface area contributed by atoms with Crippen molar-refractivity contribution in [3.8, 4) is 5.75 Å². The first-order valence-electron chi connectivity index (χ1n) is 8.01. The Bertz CT molecular complexity index is 427. The Labute approximate surface area is 125 Å². The number of ether oxygens (including phenoxy) is 1. The summed E-state index contributed by atoms with van der Waals surface area (Å²) in [6, 6.07) is 8.74. The van der Waals surface area contributed by atoms with Gasteiger partial charge in [0.1, 0.15) is 5.75 Å². The van der Waals surface area contributed by atoms with Crippen molar-refractivity contribution in [1.82, 2.24) is 0 Å². The van der Waals surface area contributed by atoms with E-state index in [4.69, 9.17) is 4.74 Å². The van der Waals surface area contributed by atoms with E-state index in [1.165, 1.54) is 24.6 Å². The van der Waals surface area contributed by atoms with Crippen LogP contribution in [0.25, 0.3) is 0 Å². The molecule has 1 heterocycles. The molecule has 0 bridgehead atoms. The van der Waals surface area contributed by atoms with Gasteiger partial charge >= 0.3 is 0 Å². The fraction of sp³-hybridized carbons (Fsp3) is 0.667. The minimum absolute atomic E-state index is 0.124. The summed E-state index contributed by atoms with van der Waals surface area (Å²) in [6.45, 7) is 9.63. The van der Waals surface area contributed by atoms with E-state index in [9.17, 15) is 0 Å². The molecule has 1 aromatic rings. The van der Waals surface area contributed by atoms with Gasteiger partial charge in [0.05, 0.1) is 7.11 Å². The van der Waals surface area contributed by atoms with Gasteiger partial charge in [-0.05, 0) is 48.5 Å². The zero-order valence-corrected chi connectivity index (χ0v) is 14.5. The standard InChI is InChI=1S/C18H29OP/c1-6-16-14(4)11-12-17(13(2)3)20(16)18-10-8-7-9-15(18)19-5/h7-10,13-14,16-17H,6,11-12H2,1-5H3. The Morgan fingerprint density at radius 3 is 2.55 bits per heavy atom. The second-order valence-corrected chi connectivity index (χ2v) is 9.04. The van der Waals surface area contributed by atoms with Crippen molar-refractivity contribution in [2.24, 2.45) is 11.8 Å². The van der Waals surface area contributed by atoms with E-state index in [-0.39, 0.29) is 7.92 Å². The van der Waals surface area contributed by atoms with Crippen molar-refractivity contribution < 1.29 is 4.74 Å². The minimum atomic E-state index is -0.124. The van der Waals surface area contributed by atoms with Gasteiger partial charge < -0.3 is 4.74 Å². The van der Waals surface area contributed by atoms with Crippen molar-refractivity contribution in [1.29, 1.82) is 0 Å². The lowest BCUT2D eigenvalue weighted by Crippen LogP contribution is -2.35. The Balaban J connectivity index is 2.44. The van der Waals surface area contributed by atoms with Crippen molar-refractivity contribution in [2.75, 3.05) is 7.11 Å². The third-order valence-corrected chi connectivity index (χ3v) is 8.92. The van der Waals surface area contributed by atoms with E-state index >= 15 is 0 Å². The van der Waals surface area contributed by atoms with Crippen LogP contribution in [0.2, 0.25) is 0 Å². The zero-order chi connectivity index (χ0) is 14.7. The van der Waals surface area contributed by atoms with Crippen LogP contribution in [0.3, 0.4) is 0 Å². The van der Waals surface area contributed by atoms with Crippen LogP contribution in [0, 0.1) is 11.8 Å². The third kappa shape index (κ3) is 3.03. The highest BCUT2D eigenvalue weighted by Crippen LogP contribution is 2.58. The number of benzene rings is 1. The smallest absolute Gasteiger partial charge is 0.126 e. The molecule has 4 atom stereocenters. The molecule has 0 N–H and O–H groups in total. The zero-order valence-electron chi connectivity index (χ0n) is 13.6. The molecule has 20 heavy (non-hydrogen) atoms. The molecule has 0 radical (unpaired) electrons. The molecule has 0 aliphatic carbocycles. The maximum absolute atomic E-state index is 5.67. The van der Waals surface area contributed by atoms with Crippen LogP contribution in [0.5, 0.6) is 5.75 Å². The van der Waals surface area contributed by atoms with Gasteiger partial charge in [0.25, 0.3) is 0 Å². The summed E-state index contributed by atoms with van der Waals surface area (Å²) in [6.07, 6.45) is 4.09. The topological polar surface area (TPSA) is 9.23 Å². The average molecular weight is 292 g/mol. The highest BCUT2D eigenvalue weighted by Gasteiger charge is 2.39. The number of hydrogen-bond acceptors (Lipinski definition) is 1. The molecule has 112 valence electrons. The van der Waals surface area contributed by atoms with Crippen LogP contribution in [-0.2, 0) is 0 Å². The molecule has 1 fully saturated rings. The molecular formula is C18H29OP. The predicted molar refractivity (Wildman–Crippen MR) is 90.7 cm³/mol. The molecule has 0 saturated carbocycles. The van der Waals surface area contributed by atoms with E-state index in [2.05, 4.69) is 52.0 Å². The molecule has 0 amide bonds. The van der Waals surface area contributed by atoms with Gasteiger partial charge in [-0.15, -0.1) is 0 Å². The highest BCUT2D eigenvalue weighted by molar-refractivity contribution is 7.67. The fourth-order valence-electron chi connectivity index (χ4n) is 3.74. The first-order valence-corrected chi connectivity index (χ1v) is 9.49. The van der Waals surface area contributed by atoms with Crippen molar-refractivity contribution >= 4 is 13.2 Å². The van der Waals surface area contributed by atoms with Crippen molar-refractivity contribution in [3.05, 3.63) is 24.3 Å². The number of para-hydroxylation sites is 1. The normalized spacial score (nSPS) is 30.5. The predicted octanol–water partition coefficient (Wildman–Crippen LogP) is 5.04. The molecule has 0 spiro atoms. The van der Waals surface area contributed by atoms with Gasteiger partial charge in [-0.3, -0.25) is 0 Å². The molecule has 2 rings (SSSR count). The molecule has 1 aromatic carbocycles. The summed E-state index contributed by atoms with van der Waals surface area (Å²) in [5.41, 5.74) is 1.70. The van der Waals surface area contributed by atoms with Crippen LogP contribution < -0.4 is 10.0 Å². The summed E-state index contributed by atoms with van der Waals surface area (Å²) in [5, 5.41) is 1.50. The van der Waals surface area contributed by atoms with Crippen LogP contribution in [0.1, 0.15) is 47.0 Å². The largest absolute Gasteiger partial charge is 0.496 e. The summed E-state index contributed by atoms with van der Waals surface area (Å²) in [5.74, 6) is 2.73. The Morgan fingerprint density at radius 2 is 1.95 bits per heavy atom. The Morgan fingerprint density at radius 1 is 1.25 bits per heavy atom. The van der Waals surface area contributed by atoms with Crippen LogP contribution in [-0.4, -0.2) is 18.4 Å². The van der Waals surface area contributed by atoms with E-state index in [1.807, 2.05) is 7.11 Å². The first kappa shape index (κ1) is 15.8. The molecule has 1 aliphatic rings. The van der Waals surface area contributed by atoms with Crippen molar-refractivity contribution in [3.63, 3.8) is 0 Å². The quantitative estimate of drug-likeness (QED) is 0.707. The lowest BCUT2D eigenvalue weighted by Gasteiger charge is -2.44. The van der Waals surface area contributed by atoms with E-state index in [0.717, 1.165) is 28.9 Å². The molecule has 1 nitrogen and oxygen atoms in total. The molecule has 4 unspecified atom stereocenters. The second-order valence-electron chi connectivity index (χ2n) is 6.42. The maximum atomic E-state index is 5.67. The molecule has 1 saturated heterocycles. The lowest BCUT2D eigenvalue weighted by atomic mass is 9.94. The molecule has 1 aliphatic heterocycles. The monoisotopic (exact) mass is 292 g/mol. The van der Waals surface area contributed by atoms with Crippen LogP contribution >= 0.6 is 7.92 Å².